The average molecular weight is 391 g/mol. The first kappa shape index (κ1) is 21.3. The van der Waals surface area contributed by atoms with Crippen molar-refractivity contribution in [3.05, 3.63) is 28.8 Å². The number of aliphatic hydroxyl groups is 1. The van der Waals surface area contributed by atoms with Crippen molar-refractivity contribution in [3.63, 3.8) is 0 Å². The number of nitrogens with one attached hydrogen (secondary N) is 1. The third-order valence-electron chi connectivity index (χ3n) is 3.19. The molecule has 138 valence electrons. The highest BCUT2D eigenvalue weighted by Crippen LogP contribution is 2.34. The van der Waals surface area contributed by atoms with Crippen molar-refractivity contribution in [1.82, 2.24) is 9.71 Å². The Hall–Kier alpha value is -0.770. The lowest BCUT2D eigenvalue weighted by atomic mass is 9.90. The summed E-state index contributed by atoms with van der Waals surface area (Å²) in [5.41, 5.74) is -2.31. The van der Waals surface area contributed by atoms with Gasteiger partial charge in [-0.3, -0.25) is 0 Å². The summed E-state index contributed by atoms with van der Waals surface area (Å²) in [5.74, 6) is -0.922. The summed E-state index contributed by atoms with van der Waals surface area (Å²) < 4.78 is 66.4. The van der Waals surface area contributed by atoms with E-state index in [1.807, 2.05) is 0 Å². The molecule has 0 amide bonds. The monoisotopic (exact) mass is 390 g/mol. The van der Waals surface area contributed by atoms with Crippen LogP contribution in [0.4, 0.5) is 17.6 Å². The minimum atomic E-state index is -4.92. The number of aliphatic hydroxyl groups excluding tert-OH is 1. The topological polar surface area (TPSA) is 62.2 Å². The van der Waals surface area contributed by atoms with E-state index in [-0.39, 0.29) is 5.15 Å². The van der Waals surface area contributed by atoms with Crippen LogP contribution in [0.25, 0.3) is 0 Å². The van der Waals surface area contributed by atoms with Gasteiger partial charge >= 0.3 is 6.18 Å². The molecule has 1 heterocycles. The summed E-state index contributed by atoms with van der Waals surface area (Å²) in [6.45, 7) is 5.97. The van der Waals surface area contributed by atoms with Gasteiger partial charge in [0.1, 0.15) is 11.0 Å². The first-order chi connectivity index (χ1) is 10.7. The van der Waals surface area contributed by atoms with Gasteiger partial charge in [-0.15, -0.1) is 0 Å². The van der Waals surface area contributed by atoms with Crippen LogP contribution in [0, 0.1) is 5.82 Å². The van der Waals surface area contributed by atoms with E-state index in [0.717, 1.165) is 12.1 Å². The lowest BCUT2D eigenvalue weighted by molar-refractivity contribution is -0.209. The maximum atomic E-state index is 14.1. The highest BCUT2D eigenvalue weighted by atomic mass is 35.5. The Morgan fingerprint density at radius 2 is 1.83 bits per heavy atom. The second-order valence-electron chi connectivity index (χ2n) is 6.54. The largest absolute Gasteiger partial charge is 0.414 e. The van der Waals surface area contributed by atoms with Crippen LogP contribution in [0.1, 0.15) is 39.8 Å². The number of alkyl halides is 3. The van der Waals surface area contributed by atoms with Gasteiger partial charge in [0.05, 0.1) is 27.0 Å². The molecule has 0 fully saturated rings. The smallest absolute Gasteiger partial charge is 0.384 e. The number of aromatic nitrogens is 1. The highest BCUT2D eigenvalue weighted by Gasteiger charge is 2.46. The number of nitrogens with zero attached hydrogens (tertiary/aromatic N) is 1. The molecule has 10 heteroatoms. The van der Waals surface area contributed by atoms with Crippen LogP contribution in [0.3, 0.4) is 0 Å². The maximum absolute atomic E-state index is 14.1. The molecule has 0 saturated carbocycles. The van der Waals surface area contributed by atoms with E-state index in [1.54, 1.807) is 20.8 Å². The van der Waals surface area contributed by atoms with E-state index >= 15 is 0 Å². The standard InChI is InChI=1S/C14H19ClF4N2O2S/c1-12(2,3)24(23)21-13(4,7-9(22)14(17,18)19)11-8(16)5-6-10(15)20-11/h5-6,9,21-22H,7H2,1-4H3/t9-,13-,24?/m0/s1. The SMILES string of the molecule is CC(C)(C)S(=O)N[C@@](C)(C[C@H](O)C(F)(F)F)c1nc(Cl)ccc1F. The number of hydrogen-bond acceptors (Lipinski definition) is 3. The Morgan fingerprint density at radius 1 is 1.29 bits per heavy atom. The Bertz CT molecular complexity index is 622. The zero-order chi connectivity index (χ0) is 18.9. The lowest BCUT2D eigenvalue weighted by Gasteiger charge is -2.35. The van der Waals surface area contributed by atoms with Crippen LogP contribution >= 0.6 is 11.6 Å². The molecule has 0 saturated heterocycles. The molecule has 0 aromatic carbocycles. The van der Waals surface area contributed by atoms with Crippen LogP contribution in [-0.2, 0) is 16.5 Å². The van der Waals surface area contributed by atoms with Crippen molar-refractivity contribution in [2.24, 2.45) is 0 Å². The molecule has 3 atom stereocenters. The third kappa shape index (κ3) is 5.37. The molecule has 0 aliphatic rings. The Morgan fingerprint density at radius 3 is 2.29 bits per heavy atom. The Kier molecular flexibility index (Phi) is 6.41. The van der Waals surface area contributed by atoms with E-state index in [0.29, 0.717) is 0 Å². The fourth-order valence-corrected chi connectivity index (χ4v) is 2.89. The molecule has 1 aromatic rings. The number of halogens is 5. The van der Waals surface area contributed by atoms with E-state index in [1.165, 1.54) is 6.92 Å². The summed E-state index contributed by atoms with van der Waals surface area (Å²) in [7, 11) is -1.84. The van der Waals surface area contributed by atoms with E-state index in [9.17, 15) is 26.9 Å². The van der Waals surface area contributed by atoms with Gasteiger partial charge in [-0.05, 0) is 39.8 Å². The normalized spacial score (nSPS) is 18.1. The Labute approximate surface area is 145 Å². The first-order valence-corrected chi connectivity index (χ1v) is 8.46. The van der Waals surface area contributed by atoms with Crippen LogP contribution in [-0.4, -0.2) is 31.3 Å². The summed E-state index contributed by atoms with van der Waals surface area (Å²) >= 11 is 5.71. The van der Waals surface area contributed by atoms with Crippen molar-refractivity contribution in [2.45, 2.75) is 56.7 Å². The van der Waals surface area contributed by atoms with Gasteiger partial charge in [-0.25, -0.2) is 18.3 Å². The van der Waals surface area contributed by atoms with Gasteiger partial charge in [0.15, 0.2) is 6.10 Å². The van der Waals surface area contributed by atoms with E-state index in [2.05, 4.69) is 9.71 Å². The minimum Gasteiger partial charge on any atom is -0.384 e. The zero-order valence-corrected chi connectivity index (χ0v) is 15.1. The molecule has 2 N–H and O–H groups in total. The summed E-state index contributed by atoms with van der Waals surface area (Å²) in [6.07, 6.45) is -8.66. The molecule has 0 bridgehead atoms. The number of rotatable bonds is 5. The van der Waals surface area contributed by atoms with Crippen LogP contribution in [0.15, 0.2) is 12.1 Å². The van der Waals surface area contributed by atoms with E-state index in [4.69, 9.17) is 11.6 Å². The van der Waals surface area contributed by atoms with Crippen molar-refractivity contribution in [2.75, 3.05) is 0 Å². The fraction of sp³-hybridized carbons (Fsp3) is 0.643. The molecular weight excluding hydrogens is 372 g/mol. The highest BCUT2D eigenvalue weighted by molar-refractivity contribution is 7.84. The van der Waals surface area contributed by atoms with Gasteiger partial charge in [0.25, 0.3) is 0 Å². The fourth-order valence-electron chi connectivity index (χ4n) is 1.85. The molecular formula is C14H19ClF4N2O2S. The first-order valence-electron chi connectivity index (χ1n) is 6.94. The van der Waals surface area contributed by atoms with Gasteiger partial charge in [-0.2, -0.15) is 13.2 Å². The van der Waals surface area contributed by atoms with Gasteiger partial charge in [0, 0.05) is 6.42 Å². The van der Waals surface area contributed by atoms with Gasteiger partial charge in [0.2, 0.25) is 0 Å². The third-order valence-corrected chi connectivity index (χ3v) is 5.15. The molecule has 1 rings (SSSR count). The van der Waals surface area contributed by atoms with Gasteiger partial charge < -0.3 is 5.11 Å². The van der Waals surface area contributed by atoms with Crippen LogP contribution < -0.4 is 4.72 Å². The Balaban J connectivity index is 3.35. The average Bonchev–Trinajstić information content (AvgIpc) is 2.39. The predicted octanol–water partition coefficient (Wildman–Crippen LogP) is 3.45. The molecule has 1 aromatic heterocycles. The van der Waals surface area contributed by atoms with E-state index < -0.39 is 51.5 Å². The molecule has 24 heavy (non-hydrogen) atoms. The van der Waals surface area contributed by atoms with Crippen LogP contribution in [0.2, 0.25) is 5.15 Å². The lowest BCUT2D eigenvalue weighted by Crippen LogP contribution is -2.50. The van der Waals surface area contributed by atoms with Gasteiger partial charge in [-0.1, -0.05) is 11.6 Å². The van der Waals surface area contributed by atoms with Crippen molar-refractivity contribution in [1.29, 1.82) is 0 Å². The quantitative estimate of drug-likeness (QED) is 0.598. The number of hydrogen-bond donors (Lipinski definition) is 2. The number of pyridine rings is 1. The van der Waals surface area contributed by atoms with Crippen molar-refractivity contribution in [3.8, 4) is 0 Å². The summed E-state index contributed by atoms with van der Waals surface area (Å²) in [5, 5.41) is 9.27. The molecule has 1 unspecified atom stereocenters. The second-order valence-corrected chi connectivity index (χ2v) is 8.89. The minimum absolute atomic E-state index is 0.137. The molecule has 0 spiro atoms. The zero-order valence-electron chi connectivity index (χ0n) is 13.5. The molecule has 0 radical (unpaired) electrons. The van der Waals surface area contributed by atoms with Crippen molar-refractivity contribution >= 4 is 22.6 Å². The molecule has 4 nitrogen and oxygen atoms in total. The summed E-state index contributed by atoms with van der Waals surface area (Å²) in [6, 6.07) is 2.09. The van der Waals surface area contributed by atoms with Crippen LogP contribution in [0.5, 0.6) is 0 Å². The second kappa shape index (κ2) is 7.23. The predicted molar refractivity (Wildman–Crippen MR) is 84.3 cm³/mol. The maximum Gasteiger partial charge on any atom is 0.414 e. The molecule has 0 aliphatic heterocycles. The summed E-state index contributed by atoms with van der Waals surface area (Å²) in [4.78, 5) is 3.73. The molecule has 0 aliphatic carbocycles. The van der Waals surface area contributed by atoms with Crippen molar-refractivity contribution < 1.29 is 26.9 Å².